The lowest BCUT2D eigenvalue weighted by Gasteiger charge is -2.35. The molecule has 0 aromatic carbocycles. The van der Waals surface area contributed by atoms with Crippen LogP contribution in [0.4, 0.5) is 0 Å². The van der Waals surface area contributed by atoms with E-state index in [2.05, 4.69) is 40.1 Å². The van der Waals surface area contributed by atoms with Gasteiger partial charge in [0.25, 0.3) is 0 Å². The smallest absolute Gasteiger partial charge is 0.0625 e. The fourth-order valence-corrected chi connectivity index (χ4v) is 2.97. The SMILES string of the molecule is CNC(COC(C)C)C1CCC(C(C)C)CC1. The molecule has 1 fully saturated rings. The van der Waals surface area contributed by atoms with E-state index in [0.717, 1.165) is 24.4 Å². The van der Waals surface area contributed by atoms with Gasteiger partial charge in [0, 0.05) is 6.04 Å². The lowest BCUT2D eigenvalue weighted by Crippen LogP contribution is -2.40. The van der Waals surface area contributed by atoms with E-state index >= 15 is 0 Å². The first-order valence-electron chi connectivity index (χ1n) is 7.33. The number of likely N-dealkylation sites (N-methyl/N-ethyl adjacent to an activating group) is 1. The van der Waals surface area contributed by atoms with Crippen LogP contribution in [0.2, 0.25) is 0 Å². The van der Waals surface area contributed by atoms with Crippen LogP contribution in [0, 0.1) is 17.8 Å². The van der Waals surface area contributed by atoms with E-state index in [1.54, 1.807) is 0 Å². The van der Waals surface area contributed by atoms with Crippen molar-refractivity contribution in [2.75, 3.05) is 13.7 Å². The summed E-state index contributed by atoms with van der Waals surface area (Å²) < 4.78 is 5.76. The van der Waals surface area contributed by atoms with E-state index < -0.39 is 0 Å². The molecule has 0 saturated heterocycles. The van der Waals surface area contributed by atoms with Gasteiger partial charge in [0.15, 0.2) is 0 Å². The molecule has 1 aliphatic rings. The van der Waals surface area contributed by atoms with Crippen LogP contribution < -0.4 is 5.32 Å². The van der Waals surface area contributed by atoms with Gasteiger partial charge in [-0.3, -0.25) is 0 Å². The molecule has 1 aliphatic carbocycles. The van der Waals surface area contributed by atoms with Crippen molar-refractivity contribution >= 4 is 0 Å². The van der Waals surface area contributed by atoms with Crippen molar-refractivity contribution in [3.05, 3.63) is 0 Å². The van der Waals surface area contributed by atoms with E-state index in [9.17, 15) is 0 Å². The number of ether oxygens (including phenoxy) is 1. The Hall–Kier alpha value is -0.0800. The molecular weight excluding hydrogens is 210 g/mol. The Morgan fingerprint density at radius 3 is 1.94 bits per heavy atom. The summed E-state index contributed by atoms with van der Waals surface area (Å²) in [6.45, 7) is 9.82. The van der Waals surface area contributed by atoms with Gasteiger partial charge in [-0.05, 0) is 64.3 Å². The van der Waals surface area contributed by atoms with Crippen molar-refractivity contribution in [1.29, 1.82) is 0 Å². The minimum absolute atomic E-state index is 0.345. The summed E-state index contributed by atoms with van der Waals surface area (Å²) >= 11 is 0. The monoisotopic (exact) mass is 241 g/mol. The van der Waals surface area contributed by atoms with Crippen LogP contribution in [0.25, 0.3) is 0 Å². The maximum absolute atomic E-state index is 5.76. The lowest BCUT2D eigenvalue weighted by molar-refractivity contribution is 0.0407. The fourth-order valence-electron chi connectivity index (χ4n) is 2.97. The van der Waals surface area contributed by atoms with Crippen molar-refractivity contribution in [1.82, 2.24) is 5.32 Å². The van der Waals surface area contributed by atoms with Gasteiger partial charge in [0.1, 0.15) is 0 Å². The molecular formula is C15H31NO. The Morgan fingerprint density at radius 1 is 1.00 bits per heavy atom. The Labute approximate surface area is 108 Å². The first-order chi connectivity index (χ1) is 8.04. The van der Waals surface area contributed by atoms with Crippen molar-refractivity contribution in [3.8, 4) is 0 Å². The molecule has 0 aliphatic heterocycles. The van der Waals surface area contributed by atoms with Crippen LogP contribution in [0.3, 0.4) is 0 Å². The third kappa shape index (κ3) is 4.97. The van der Waals surface area contributed by atoms with Gasteiger partial charge >= 0.3 is 0 Å². The van der Waals surface area contributed by atoms with E-state index in [-0.39, 0.29) is 0 Å². The predicted octanol–water partition coefficient (Wildman–Crippen LogP) is 3.46. The van der Waals surface area contributed by atoms with Crippen LogP contribution in [0.5, 0.6) is 0 Å². The zero-order valence-electron chi connectivity index (χ0n) is 12.3. The van der Waals surface area contributed by atoms with Gasteiger partial charge < -0.3 is 10.1 Å². The summed E-state index contributed by atoms with van der Waals surface area (Å²) in [7, 11) is 2.07. The van der Waals surface area contributed by atoms with Crippen molar-refractivity contribution < 1.29 is 4.74 Å². The number of hydrogen-bond acceptors (Lipinski definition) is 2. The molecule has 1 unspecified atom stereocenters. The summed E-state index contributed by atoms with van der Waals surface area (Å²) in [5.74, 6) is 2.62. The molecule has 0 aromatic heterocycles. The highest BCUT2D eigenvalue weighted by molar-refractivity contribution is 4.82. The average Bonchev–Trinajstić information content (AvgIpc) is 2.30. The summed E-state index contributed by atoms with van der Waals surface area (Å²) in [4.78, 5) is 0. The molecule has 0 heterocycles. The molecule has 0 radical (unpaired) electrons. The van der Waals surface area contributed by atoms with E-state index in [4.69, 9.17) is 4.74 Å². The molecule has 0 amide bonds. The third-order valence-corrected chi connectivity index (χ3v) is 4.31. The van der Waals surface area contributed by atoms with Crippen LogP contribution >= 0.6 is 0 Å². The van der Waals surface area contributed by atoms with Crippen molar-refractivity contribution in [3.63, 3.8) is 0 Å². The fraction of sp³-hybridized carbons (Fsp3) is 1.00. The van der Waals surface area contributed by atoms with Crippen LogP contribution in [0.1, 0.15) is 53.4 Å². The van der Waals surface area contributed by atoms with Crippen LogP contribution in [-0.2, 0) is 4.74 Å². The first kappa shape index (κ1) is 15.0. The molecule has 0 bridgehead atoms. The second kappa shape index (κ2) is 7.38. The van der Waals surface area contributed by atoms with E-state index in [1.165, 1.54) is 25.7 Å². The van der Waals surface area contributed by atoms with Gasteiger partial charge in [-0.2, -0.15) is 0 Å². The minimum atomic E-state index is 0.345. The molecule has 1 saturated carbocycles. The maximum Gasteiger partial charge on any atom is 0.0625 e. The second-order valence-corrected chi connectivity index (χ2v) is 6.20. The van der Waals surface area contributed by atoms with Crippen LogP contribution in [0.15, 0.2) is 0 Å². The van der Waals surface area contributed by atoms with Gasteiger partial charge in [-0.15, -0.1) is 0 Å². The summed E-state index contributed by atoms with van der Waals surface area (Å²) in [5.41, 5.74) is 0. The average molecular weight is 241 g/mol. The van der Waals surface area contributed by atoms with Crippen LogP contribution in [-0.4, -0.2) is 25.8 Å². The Bertz CT molecular complexity index is 195. The first-order valence-corrected chi connectivity index (χ1v) is 7.33. The quantitative estimate of drug-likeness (QED) is 0.769. The molecule has 2 heteroatoms. The molecule has 102 valence electrons. The zero-order valence-corrected chi connectivity index (χ0v) is 12.3. The molecule has 0 aromatic rings. The molecule has 17 heavy (non-hydrogen) atoms. The van der Waals surface area contributed by atoms with Crippen molar-refractivity contribution in [2.45, 2.75) is 65.5 Å². The summed E-state index contributed by atoms with van der Waals surface area (Å²) in [6.07, 6.45) is 5.90. The zero-order chi connectivity index (χ0) is 12.8. The van der Waals surface area contributed by atoms with Gasteiger partial charge in [-0.25, -0.2) is 0 Å². The van der Waals surface area contributed by atoms with E-state index in [1.807, 2.05) is 0 Å². The molecule has 0 spiro atoms. The Morgan fingerprint density at radius 2 is 1.53 bits per heavy atom. The molecule has 1 N–H and O–H groups in total. The second-order valence-electron chi connectivity index (χ2n) is 6.20. The number of hydrogen-bond donors (Lipinski definition) is 1. The predicted molar refractivity (Wildman–Crippen MR) is 74.2 cm³/mol. The molecule has 1 rings (SSSR count). The molecule has 1 atom stereocenters. The van der Waals surface area contributed by atoms with Gasteiger partial charge in [-0.1, -0.05) is 13.8 Å². The highest BCUT2D eigenvalue weighted by atomic mass is 16.5. The molecule has 2 nitrogen and oxygen atoms in total. The van der Waals surface area contributed by atoms with Gasteiger partial charge in [0.2, 0.25) is 0 Å². The van der Waals surface area contributed by atoms with Crippen molar-refractivity contribution in [2.24, 2.45) is 17.8 Å². The Balaban J connectivity index is 2.34. The maximum atomic E-state index is 5.76. The lowest BCUT2D eigenvalue weighted by atomic mass is 9.74. The largest absolute Gasteiger partial charge is 0.377 e. The van der Waals surface area contributed by atoms with E-state index in [0.29, 0.717) is 12.1 Å². The summed E-state index contributed by atoms with van der Waals surface area (Å²) in [6, 6.07) is 0.547. The highest BCUT2D eigenvalue weighted by Gasteiger charge is 2.28. The number of nitrogens with one attached hydrogen (secondary N) is 1. The number of rotatable bonds is 6. The Kier molecular flexibility index (Phi) is 6.50. The third-order valence-electron chi connectivity index (χ3n) is 4.31. The van der Waals surface area contributed by atoms with Gasteiger partial charge in [0.05, 0.1) is 12.7 Å². The normalized spacial score (nSPS) is 27.7. The standard InChI is InChI=1S/C15H31NO/c1-11(2)13-6-8-14(9-7-13)15(16-5)10-17-12(3)4/h11-16H,6-10H2,1-5H3. The summed E-state index contributed by atoms with van der Waals surface area (Å²) in [5, 5.41) is 3.45. The minimum Gasteiger partial charge on any atom is -0.377 e. The highest BCUT2D eigenvalue weighted by Crippen LogP contribution is 2.34. The topological polar surface area (TPSA) is 21.3 Å².